The molecule has 0 amide bonds. The standard InChI is InChI=1S/C19H23NO2S/c1-11-4-5-12(10-20)8-13(11)17-16(18(21)22)14-9-19(2,3)7-6-15(14)23-17/h4-5,8H,6-7,9-10,20H2,1-3H3,(H,21,22). The van der Waals surface area contributed by atoms with Gasteiger partial charge < -0.3 is 10.8 Å². The maximum Gasteiger partial charge on any atom is 0.337 e. The molecule has 1 aliphatic carbocycles. The highest BCUT2D eigenvalue weighted by atomic mass is 32.1. The van der Waals surface area contributed by atoms with E-state index in [4.69, 9.17) is 5.73 Å². The number of hydrogen-bond acceptors (Lipinski definition) is 3. The third kappa shape index (κ3) is 2.93. The number of carboxylic acids is 1. The SMILES string of the molecule is Cc1ccc(CN)cc1-c1sc2c(c1C(=O)O)CC(C)(C)CC2. The molecule has 0 saturated carbocycles. The Kier molecular flexibility index (Phi) is 4.07. The predicted molar refractivity (Wildman–Crippen MR) is 95.1 cm³/mol. The Bertz CT molecular complexity index is 774. The maximum atomic E-state index is 12.0. The lowest BCUT2D eigenvalue weighted by molar-refractivity contribution is 0.0696. The Morgan fingerprint density at radius 3 is 2.78 bits per heavy atom. The largest absolute Gasteiger partial charge is 0.478 e. The van der Waals surface area contributed by atoms with Crippen LogP contribution in [0.4, 0.5) is 0 Å². The number of hydrogen-bond donors (Lipinski definition) is 2. The lowest BCUT2D eigenvalue weighted by atomic mass is 9.76. The summed E-state index contributed by atoms with van der Waals surface area (Å²) in [5.41, 5.74) is 10.6. The van der Waals surface area contributed by atoms with Gasteiger partial charge in [0.1, 0.15) is 0 Å². The quantitative estimate of drug-likeness (QED) is 0.877. The van der Waals surface area contributed by atoms with Crippen molar-refractivity contribution in [1.29, 1.82) is 0 Å². The van der Waals surface area contributed by atoms with Crippen molar-refractivity contribution in [3.63, 3.8) is 0 Å². The number of aromatic carboxylic acids is 1. The molecule has 0 spiro atoms. The van der Waals surface area contributed by atoms with Gasteiger partial charge in [0.25, 0.3) is 0 Å². The summed E-state index contributed by atoms with van der Waals surface area (Å²) in [6.45, 7) is 6.94. The number of benzene rings is 1. The van der Waals surface area contributed by atoms with Crippen molar-refractivity contribution in [3.8, 4) is 10.4 Å². The first kappa shape index (κ1) is 16.2. The van der Waals surface area contributed by atoms with Crippen LogP contribution in [0.25, 0.3) is 10.4 Å². The molecule has 2 aromatic rings. The van der Waals surface area contributed by atoms with Crippen LogP contribution in [0, 0.1) is 12.3 Å². The molecule has 1 heterocycles. The summed E-state index contributed by atoms with van der Waals surface area (Å²) in [7, 11) is 0. The summed E-state index contributed by atoms with van der Waals surface area (Å²) in [5.74, 6) is -0.812. The van der Waals surface area contributed by atoms with Gasteiger partial charge in [-0.15, -0.1) is 11.3 Å². The van der Waals surface area contributed by atoms with Gasteiger partial charge in [0.2, 0.25) is 0 Å². The number of carbonyl (C=O) groups is 1. The fourth-order valence-corrected chi connectivity index (χ4v) is 4.77. The van der Waals surface area contributed by atoms with Crippen molar-refractivity contribution in [1.82, 2.24) is 0 Å². The van der Waals surface area contributed by atoms with Crippen LogP contribution in [0.5, 0.6) is 0 Å². The summed E-state index contributed by atoms with van der Waals surface area (Å²) in [4.78, 5) is 14.1. The Labute approximate surface area is 141 Å². The van der Waals surface area contributed by atoms with E-state index in [9.17, 15) is 9.90 Å². The molecular weight excluding hydrogens is 306 g/mol. The van der Waals surface area contributed by atoms with Crippen molar-refractivity contribution in [2.45, 2.75) is 46.6 Å². The van der Waals surface area contributed by atoms with Crippen molar-refractivity contribution >= 4 is 17.3 Å². The lowest BCUT2D eigenvalue weighted by Gasteiger charge is -2.29. The van der Waals surface area contributed by atoms with Gasteiger partial charge in [-0.05, 0) is 59.9 Å². The van der Waals surface area contributed by atoms with Crippen molar-refractivity contribution < 1.29 is 9.90 Å². The van der Waals surface area contributed by atoms with Crippen LogP contribution < -0.4 is 5.73 Å². The molecule has 0 unspecified atom stereocenters. The number of rotatable bonds is 3. The zero-order chi connectivity index (χ0) is 16.8. The molecule has 3 nitrogen and oxygen atoms in total. The van der Waals surface area contributed by atoms with E-state index < -0.39 is 5.97 Å². The topological polar surface area (TPSA) is 63.3 Å². The molecule has 122 valence electrons. The van der Waals surface area contributed by atoms with Gasteiger partial charge in [0.15, 0.2) is 0 Å². The van der Waals surface area contributed by atoms with Crippen LogP contribution in [0.15, 0.2) is 18.2 Å². The van der Waals surface area contributed by atoms with E-state index in [0.29, 0.717) is 12.1 Å². The van der Waals surface area contributed by atoms with Gasteiger partial charge in [-0.25, -0.2) is 4.79 Å². The van der Waals surface area contributed by atoms with Crippen LogP contribution in [0.1, 0.15) is 52.2 Å². The Balaban J connectivity index is 2.22. The van der Waals surface area contributed by atoms with E-state index in [-0.39, 0.29) is 5.41 Å². The van der Waals surface area contributed by atoms with Crippen molar-refractivity contribution in [2.75, 3.05) is 0 Å². The molecule has 0 bridgehead atoms. The second-order valence-corrected chi connectivity index (χ2v) is 8.31. The van der Waals surface area contributed by atoms with Gasteiger partial charge in [0, 0.05) is 16.3 Å². The minimum atomic E-state index is -0.812. The second kappa shape index (κ2) is 5.77. The minimum absolute atomic E-state index is 0.170. The molecule has 23 heavy (non-hydrogen) atoms. The molecule has 0 atom stereocenters. The van der Waals surface area contributed by atoms with Gasteiger partial charge in [-0.3, -0.25) is 0 Å². The summed E-state index contributed by atoms with van der Waals surface area (Å²) in [6, 6.07) is 6.09. The summed E-state index contributed by atoms with van der Waals surface area (Å²) >= 11 is 1.66. The molecule has 1 aromatic carbocycles. The third-order valence-corrected chi connectivity index (χ3v) is 6.10. The van der Waals surface area contributed by atoms with E-state index in [1.807, 2.05) is 25.1 Å². The van der Waals surface area contributed by atoms with Crippen molar-refractivity contribution in [2.24, 2.45) is 11.1 Å². The number of aryl methyl sites for hydroxylation is 2. The van der Waals surface area contributed by atoms with Gasteiger partial charge in [-0.1, -0.05) is 26.0 Å². The van der Waals surface area contributed by atoms with E-state index >= 15 is 0 Å². The molecule has 0 radical (unpaired) electrons. The molecule has 3 N–H and O–H groups in total. The Morgan fingerprint density at radius 2 is 2.13 bits per heavy atom. The highest BCUT2D eigenvalue weighted by Gasteiger charge is 2.33. The molecule has 3 rings (SSSR count). The summed E-state index contributed by atoms with van der Waals surface area (Å²) in [5, 5.41) is 9.84. The van der Waals surface area contributed by atoms with Gasteiger partial charge in [0.05, 0.1) is 5.56 Å². The number of thiophene rings is 1. The van der Waals surface area contributed by atoms with Gasteiger partial charge >= 0.3 is 5.97 Å². The number of nitrogens with two attached hydrogens (primary N) is 1. The Hall–Kier alpha value is -1.65. The number of carboxylic acid groups (broad SMARTS) is 1. The smallest absolute Gasteiger partial charge is 0.337 e. The number of fused-ring (bicyclic) bond motifs is 1. The van der Waals surface area contributed by atoms with Gasteiger partial charge in [-0.2, -0.15) is 0 Å². The zero-order valence-corrected chi connectivity index (χ0v) is 14.7. The van der Waals surface area contributed by atoms with Crippen molar-refractivity contribution in [3.05, 3.63) is 45.3 Å². The van der Waals surface area contributed by atoms with E-state index in [0.717, 1.165) is 46.4 Å². The predicted octanol–water partition coefficient (Wildman–Crippen LogP) is 4.40. The molecule has 4 heteroatoms. The van der Waals surface area contributed by atoms with E-state index in [1.54, 1.807) is 11.3 Å². The van der Waals surface area contributed by atoms with Crippen LogP contribution in [0.3, 0.4) is 0 Å². The fraction of sp³-hybridized carbons (Fsp3) is 0.421. The maximum absolute atomic E-state index is 12.0. The van der Waals surface area contributed by atoms with Crippen LogP contribution >= 0.6 is 11.3 Å². The highest BCUT2D eigenvalue weighted by Crippen LogP contribution is 2.45. The first-order valence-electron chi connectivity index (χ1n) is 8.00. The molecule has 1 aromatic heterocycles. The first-order chi connectivity index (χ1) is 10.8. The lowest BCUT2D eigenvalue weighted by Crippen LogP contribution is -2.22. The monoisotopic (exact) mass is 329 g/mol. The highest BCUT2D eigenvalue weighted by molar-refractivity contribution is 7.16. The zero-order valence-electron chi connectivity index (χ0n) is 13.9. The average Bonchev–Trinajstić information content (AvgIpc) is 2.84. The molecule has 1 aliphatic rings. The molecule has 0 aliphatic heterocycles. The van der Waals surface area contributed by atoms with Crippen LogP contribution in [-0.2, 0) is 19.4 Å². The fourth-order valence-electron chi connectivity index (χ4n) is 3.38. The second-order valence-electron chi connectivity index (χ2n) is 7.21. The summed E-state index contributed by atoms with van der Waals surface area (Å²) < 4.78 is 0. The first-order valence-corrected chi connectivity index (χ1v) is 8.82. The Morgan fingerprint density at radius 1 is 1.39 bits per heavy atom. The third-order valence-electron chi connectivity index (χ3n) is 4.77. The minimum Gasteiger partial charge on any atom is -0.478 e. The molecule has 0 fully saturated rings. The molecule has 0 saturated heterocycles. The molecular formula is C19H23NO2S. The van der Waals surface area contributed by atoms with Crippen LogP contribution in [0.2, 0.25) is 0 Å². The van der Waals surface area contributed by atoms with E-state index in [1.165, 1.54) is 4.88 Å². The average molecular weight is 329 g/mol. The van der Waals surface area contributed by atoms with E-state index in [2.05, 4.69) is 13.8 Å². The normalized spacial score (nSPS) is 16.2. The van der Waals surface area contributed by atoms with Crippen LogP contribution in [-0.4, -0.2) is 11.1 Å². The summed E-state index contributed by atoms with van der Waals surface area (Å²) in [6.07, 6.45) is 2.93.